The Kier molecular flexibility index (Phi) is 4.03. The molecule has 0 bridgehead atoms. The van der Waals surface area contributed by atoms with Crippen molar-refractivity contribution in [3.05, 3.63) is 41.3 Å². The summed E-state index contributed by atoms with van der Waals surface area (Å²) in [6.07, 6.45) is 5.06. The topological polar surface area (TPSA) is 81.4 Å². The molecule has 1 unspecified atom stereocenters. The number of carbonyl (C=O) groups excluding carboxylic acids is 1. The number of rotatable bonds is 2. The van der Waals surface area contributed by atoms with Crippen molar-refractivity contribution < 1.29 is 14.1 Å². The molecule has 25 heavy (non-hydrogen) atoms. The first-order valence-electron chi connectivity index (χ1n) is 8.75. The Morgan fingerprint density at radius 3 is 2.76 bits per heavy atom. The van der Waals surface area contributed by atoms with Gasteiger partial charge in [-0.05, 0) is 57.2 Å². The van der Waals surface area contributed by atoms with Crippen LogP contribution in [-0.2, 0) is 4.74 Å². The number of aromatic nitrogens is 3. The molecular formula is C18H22N4O3. The van der Waals surface area contributed by atoms with Crippen LogP contribution in [0.1, 0.15) is 59.6 Å². The fourth-order valence-corrected chi connectivity index (χ4v) is 3.73. The molecule has 4 heterocycles. The predicted molar refractivity (Wildman–Crippen MR) is 88.9 cm³/mol. The lowest BCUT2D eigenvalue weighted by molar-refractivity contribution is -0.0821. The zero-order valence-corrected chi connectivity index (χ0v) is 14.6. The Morgan fingerprint density at radius 1 is 1.28 bits per heavy atom. The number of hydrogen-bond donors (Lipinski definition) is 0. The van der Waals surface area contributed by atoms with Crippen molar-refractivity contribution in [1.29, 1.82) is 0 Å². The smallest absolute Gasteiger partial charge is 0.272 e. The standard InChI is InChI=1S/C18H22N4O3/c1-12-4-8-19-14(11-12)17(23)22-9-6-18(7-10-22)5-3-15(24-18)16-20-13(2)21-25-16/h4,8,11,15H,3,5-7,9-10H2,1-2H3. The quantitative estimate of drug-likeness (QED) is 0.834. The van der Waals surface area contributed by atoms with Crippen molar-refractivity contribution in [2.75, 3.05) is 13.1 Å². The number of piperidine rings is 1. The Hall–Kier alpha value is -2.28. The monoisotopic (exact) mass is 342 g/mol. The molecule has 2 saturated heterocycles. The molecule has 0 radical (unpaired) electrons. The summed E-state index contributed by atoms with van der Waals surface area (Å²) in [5.41, 5.74) is 1.38. The Labute approximate surface area is 146 Å². The minimum Gasteiger partial charge on any atom is -0.362 e. The summed E-state index contributed by atoms with van der Waals surface area (Å²) in [6.45, 7) is 5.14. The first-order chi connectivity index (χ1) is 12.0. The van der Waals surface area contributed by atoms with E-state index in [2.05, 4.69) is 15.1 Å². The number of likely N-dealkylation sites (tertiary alicyclic amines) is 1. The molecule has 2 aromatic rings. The number of aryl methyl sites for hydroxylation is 2. The summed E-state index contributed by atoms with van der Waals surface area (Å²) in [4.78, 5) is 23.0. The number of ether oxygens (including phenoxy) is 1. The van der Waals surface area contributed by atoms with Crippen LogP contribution in [-0.4, -0.2) is 44.6 Å². The largest absolute Gasteiger partial charge is 0.362 e. The van der Waals surface area contributed by atoms with Gasteiger partial charge in [0.2, 0.25) is 0 Å². The Bertz CT molecular complexity index is 780. The average molecular weight is 342 g/mol. The van der Waals surface area contributed by atoms with E-state index >= 15 is 0 Å². The first-order valence-corrected chi connectivity index (χ1v) is 8.75. The fourth-order valence-electron chi connectivity index (χ4n) is 3.73. The summed E-state index contributed by atoms with van der Waals surface area (Å²) in [5.74, 6) is 1.20. The summed E-state index contributed by atoms with van der Waals surface area (Å²) in [5, 5.41) is 3.84. The number of hydrogen-bond acceptors (Lipinski definition) is 6. The summed E-state index contributed by atoms with van der Waals surface area (Å²) >= 11 is 0. The molecule has 132 valence electrons. The van der Waals surface area contributed by atoms with Crippen LogP contribution in [0.25, 0.3) is 0 Å². The lowest BCUT2D eigenvalue weighted by Gasteiger charge is -2.38. The van der Waals surface area contributed by atoms with Gasteiger partial charge in [0.05, 0.1) is 5.60 Å². The van der Waals surface area contributed by atoms with Crippen LogP contribution >= 0.6 is 0 Å². The van der Waals surface area contributed by atoms with Crippen molar-refractivity contribution in [3.8, 4) is 0 Å². The lowest BCUT2D eigenvalue weighted by atomic mass is 9.88. The van der Waals surface area contributed by atoms with E-state index in [1.807, 2.05) is 24.0 Å². The molecule has 0 saturated carbocycles. The second kappa shape index (κ2) is 6.22. The molecule has 0 N–H and O–H groups in total. The van der Waals surface area contributed by atoms with Crippen LogP contribution in [0.2, 0.25) is 0 Å². The third kappa shape index (κ3) is 3.16. The van der Waals surface area contributed by atoms with Crippen LogP contribution < -0.4 is 0 Å². The van der Waals surface area contributed by atoms with Gasteiger partial charge in [-0.15, -0.1) is 0 Å². The van der Waals surface area contributed by atoms with Gasteiger partial charge in [-0.2, -0.15) is 4.98 Å². The highest BCUT2D eigenvalue weighted by atomic mass is 16.5. The van der Waals surface area contributed by atoms with Gasteiger partial charge in [0.1, 0.15) is 11.8 Å². The van der Waals surface area contributed by atoms with Gasteiger partial charge in [-0.3, -0.25) is 9.78 Å². The maximum atomic E-state index is 12.6. The molecule has 0 aromatic carbocycles. The van der Waals surface area contributed by atoms with Gasteiger partial charge in [-0.1, -0.05) is 5.16 Å². The third-order valence-corrected chi connectivity index (χ3v) is 5.17. The van der Waals surface area contributed by atoms with E-state index < -0.39 is 0 Å². The van der Waals surface area contributed by atoms with Crippen molar-refractivity contribution in [3.63, 3.8) is 0 Å². The zero-order chi connectivity index (χ0) is 17.4. The normalized spacial score (nSPS) is 22.5. The van der Waals surface area contributed by atoms with Crippen molar-refractivity contribution in [2.24, 2.45) is 0 Å². The van der Waals surface area contributed by atoms with Crippen molar-refractivity contribution in [1.82, 2.24) is 20.0 Å². The van der Waals surface area contributed by atoms with E-state index in [1.165, 1.54) is 0 Å². The van der Waals surface area contributed by atoms with Crippen LogP contribution in [0.3, 0.4) is 0 Å². The van der Waals surface area contributed by atoms with Gasteiger partial charge >= 0.3 is 0 Å². The molecule has 2 aromatic heterocycles. The highest BCUT2D eigenvalue weighted by Crippen LogP contribution is 2.44. The van der Waals surface area contributed by atoms with E-state index in [4.69, 9.17) is 9.26 Å². The number of pyridine rings is 1. The molecule has 1 atom stereocenters. The Morgan fingerprint density at radius 2 is 2.08 bits per heavy atom. The predicted octanol–water partition coefficient (Wildman–Crippen LogP) is 2.61. The summed E-state index contributed by atoms with van der Waals surface area (Å²) in [6, 6.07) is 3.74. The SMILES string of the molecule is Cc1ccnc(C(=O)N2CCC3(CCC(c4nc(C)no4)O3)CC2)c1. The zero-order valence-electron chi connectivity index (χ0n) is 14.6. The van der Waals surface area contributed by atoms with E-state index in [0.29, 0.717) is 30.5 Å². The van der Waals surface area contributed by atoms with Gasteiger partial charge in [-0.25, -0.2) is 0 Å². The number of carbonyl (C=O) groups is 1. The highest BCUT2D eigenvalue weighted by molar-refractivity contribution is 5.92. The number of amides is 1. The molecule has 4 rings (SSSR count). The minimum atomic E-state index is -0.177. The molecule has 0 aliphatic carbocycles. The van der Waals surface area contributed by atoms with Gasteiger partial charge in [0, 0.05) is 19.3 Å². The molecule has 1 spiro atoms. The van der Waals surface area contributed by atoms with Crippen LogP contribution in [0.4, 0.5) is 0 Å². The second-order valence-electron chi connectivity index (χ2n) is 7.02. The lowest BCUT2D eigenvalue weighted by Crippen LogP contribution is -2.46. The van der Waals surface area contributed by atoms with Crippen molar-refractivity contribution in [2.45, 2.75) is 51.2 Å². The molecule has 7 heteroatoms. The van der Waals surface area contributed by atoms with Gasteiger partial charge in [0.15, 0.2) is 5.82 Å². The van der Waals surface area contributed by atoms with Gasteiger partial charge in [0.25, 0.3) is 11.8 Å². The molecule has 1 amide bonds. The summed E-state index contributed by atoms with van der Waals surface area (Å²) in [7, 11) is 0. The minimum absolute atomic E-state index is 0.000577. The molecule has 7 nitrogen and oxygen atoms in total. The Balaban J connectivity index is 1.39. The van der Waals surface area contributed by atoms with Crippen LogP contribution in [0.15, 0.2) is 22.9 Å². The molecule has 2 fully saturated rings. The first kappa shape index (κ1) is 16.2. The maximum absolute atomic E-state index is 12.6. The van der Waals surface area contributed by atoms with E-state index in [-0.39, 0.29) is 17.6 Å². The van der Waals surface area contributed by atoms with E-state index in [0.717, 1.165) is 31.2 Å². The fraction of sp³-hybridized carbons (Fsp3) is 0.556. The van der Waals surface area contributed by atoms with Crippen molar-refractivity contribution >= 4 is 5.91 Å². The van der Waals surface area contributed by atoms with E-state index in [1.54, 1.807) is 13.1 Å². The number of nitrogens with zero attached hydrogens (tertiary/aromatic N) is 4. The molecular weight excluding hydrogens is 320 g/mol. The molecule has 2 aliphatic rings. The summed E-state index contributed by atoms with van der Waals surface area (Å²) < 4.78 is 11.5. The van der Waals surface area contributed by atoms with Crippen LogP contribution in [0, 0.1) is 13.8 Å². The van der Waals surface area contributed by atoms with E-state index in [9.17, 15) is 4.79 Å². The van der Waals surface area contributed by atoms with Crippen LogP contribution in [0.5, 0.6) is 0 Å². The highest BCUT2D eigenvalue weighted by Gasteiger charge is 2.45. The third-order valence-electron chi connectivity index (χ3n) is 5.17. The van der Waals surface area contributed by atoms with Gasteiger partial charge < -0.3 is 14.2 Å². The maximum Gasteiger partial charge on any atom is 0.272 e. The second-order valence-corrected chi connectivity index (χ2v) is 7.02. The average Bonchev–Trinajstić information content (AvgIpc) is 3.22. The molecule has 2 aliphatic heterocycles.